The number of amides is 1. The predicted molar refractivity (Wildman–Crippen MR) is 151 cm³/mol. The third kappa shape index (κ3) is 6.81. The maximum Gasteiger partial charge on any atom is 0.396 e. The van der Waals surface area contributed by atoms with Crippen LogP contribution in [0.15, 0.2) is 53.0 Å². The van der Waals surface area contributed by atoms with Crippen molar-refractivity contribution in [1.82, 2.24) is 14.9 Å². The first-order valence-corrected chi connectivity index (χ1v) is 15.7. The number of alkyl halides is 3. The Hall–Kier alpha value is -2.96. The molecular formula is C30H38F3N3O5S. The molecule has 42 heavy (non-hydrogen) atoms. The lowest BCUT2D eigenvalue weighted by Crippen LogP contribution is -2.40. The summed E-state index contributed by atoms with van der Waals surface area (Å²) >= 11 is 0. The van der Waals surface area contributed by atoms with E-state index >= 15 is 0 Å². The van der Waals surface area contributed by atoms with Gasteiger partial charge in [0.1, 0.15) is 11.5 Å². The van der Waals surface area contributed by atoms with Crippen molar-refractivity contribution in [1.29, 1.82) is 0 Å². The second-order valence-electron chi connectivity index (χ2n) is 12.3. The minimum atomic E-state index is -4.59. The van der Waals surface area contributed by atoms with Crippen LogP contribution in [0.1, 0.15) is 67.2 Å². The lowest BCUT2D eigenvalue weighted by atomic mass is 9.77. The minimum absolute atomic E-state index is 0.0104. The summed E-state index contributed by atoms with van der Waals surface area (Å²) in [6, 6.07) is 4.88. The van der Waals surface area contributed by atoms with Crippen LogP contribution in [0.2, 0.25) is 0 Å². The van der Waals surface area contributed by atoms with Gasteiger partial charge in [0.2, 0.25) is 0 Å². The van der Waals surface area contributed by atoms with Crippen LogP contribution in [0.25, 0.3) is 0 Å². The molecule has 1 fully saturated rings. The highest BCUT2D eigenvalue weighted by Gasteiger charge is 2.51. The van der Waals surface area contributed by atoms with E-state index in [1.54, 1.807) is 17.6 Å². The summed E-state index contributed by atoms with van der Waals surface area (Å²) < 4.78 is 68.6. The fourth-order valence-corrected chi connectivity index (χ4v) is 6.15. The van der Waals surface area contributed by atoms with E-state index in [-0.39, 0.29) is 28.6 Å². The van der Waals surface area contributed by atoms with E-state index in [4.69, 9.17) is 0 Å². The van der Waals surface area contributed by atoms with Gasteiger partial charge in [0.05, 0.1) is 29.6 Å². The van der Waals surface area contributed by atoms with E-state index < -0.39 is 57.9 Å². The van der Waals surface area contributed by atoms with Gasteiger partial charge in [0.25, 0.3) is 5.91 Å². The molecule has 0 spiro atoms. The van der Waals surface area contributed by atoms with E-state index in [1.807, 2.05) is 20.8 Å². The van der Waals surface area contributed by atoms with Crippen molar-refractivity contribution in [2.75, 3.05) is 12.9 Å². The molecule has 2 aliphatic carbocycles. The summed E-state index contributed by atoms with van der Waals surface area (Å²) in [5.41, 5.74) is 0.284. The van der Waals surface area contributed by atoms with E-state index in [1.165, 1.54) is 36.4 Å². The Morgan fingerprint density at radius 2 is 1.79 bits per heavy atom. The van der Waals surface area contributed by atoms with E-state index in [0.717, 1.165) is 6.26 Å². The number of nitrogens with zero attached hydrogens (tertiary/aromatic N) is 2. The number of benzene rings is 1. The second kappa shape index (κ2) is 11.6. The van der Waals surface area contributed by atoms with Crippen LogP contribution < -0.4 is 5.32 Å². The fraction of sp³-hybridized carbons (Fsp3) is 0.533. The number of imidazole rings is 1. The van der Waals surface area contributed by atoms with Crippen molar-refractivity contribution in [2.24, 2.45) is 17.8 Å². The minimum Gasteiger partial charge on any atom is -0.394 e. The van der Waals surface area contributed by atoms with Gasteiger partial charge >= 0.3 is 6.18 Å². The highest BCUT2D eigenvalue weighted by Crippen LogP contribution is 2.47. The number of halogens is 3. The van der Waals surface area contributed by atoms with Crippen molar-refractivity contribution in [2.45, 2.75) is 75.7 Å². The molecular weight excluding hydrogens is 571 g/mol. The summed E-state index contributed by atoms with van der Waals surface area (Å²) in [5.74, 6) is -3.32. The van der Waals surface area contributed by atoms with Gasteiger partial charge in [-0.25, -0.2) is 13.4 Å². The molecule has 0 aliphatic heterocycles. The van der Waals surface area contributed by atoms with Crippen molar-refractivity contribution in [3.63, 3.8) is 0 Å². The Labute approximate surface area is 244 Å². The lowest BCUT2D eigenvalue weighted by Gasteiger charge is -2.35. The van der Waals surface area contributed by atoms with Gasteiger partial charge in [-0.1, -0.05) is 51.1 Å². The Bertz CT molecular complexity index is 1480. The van der Waals surface area contributed by atoms with Gasteiger partial charge in [0, 0.05) is 29.8 Å². The Morgan fingerprint density at radius 1 is 1.17 bits per heavy atom. The number of sulfone groups is 1. The highest BCUT2D eigenvalue weighted by molar-refractivity contribution is 7.90. The van der Waals surface area contributed by atoms with Crippen LogP contribution in [0, 0.1) is 24.7 Å². The fourth-order valence-electron chi connectivity index (χ4n) is 5.52. The van der Waals surface area contributed by atoms with E-state index in [2.05, 4.69) is 10.3 Å². The topological polar surface area (TPSA) is 122 Å². The van der Waals surface area contributed by atoms with Crippen LogP contribution in [0.4, 0.5) is 13.2 Å². The van der Waals surface area contributed by atoms with Crippen molar-refractivity contribution < 1.29 is 36.6 Å². The molecule has 4 atom stereocenters. The molecule has 1 aromatic carbocycles. The Balaban J connectivity index is 1.65. The van der Waals surface area contributed by atoms with Crippen LogP contribution in [0.3, 0.4) is 0 Å². The summed E-state index contributed by atoms with van der Waals surface area (Å²) in [6.07, 6.45) is 1.24. The van der Waals surface area contributed by atoms with Crippen molar-refractivity contribution in [3.05, 3.63) is 70.8 Å². The first-order chi connectivity index (χ1) is 19.4. The van der Waals surface area contributed by atoms with E-state index in [0.29, 0.717) is 29.9 Å². The predicted octanol–water partition coefficient (Wildman–Crippen LogP) is 4.42. The largest absolute Gasteiger partial charge is 0.396 e. The molecule has 0 radical (unpaired) electrons. The number of aliphatic hydroxyl groups is 2. The van der Waals surface area contributed by atoms with Gasteiger partial charge < -0.3 is 20.1 Å². The average molecular weight is 610 g/mol. The number of nitrogens with one attached hydrogen (secondary N) is 1. The summed E-state index contributed by atoms with van der Waals surface area (Å²) in [6.45, 7) is 6.52. The smallest absolute Gasteiger partial charge is 0.394 e. The lowest BCUT2D eigenvalue weighted by molar-refractivity contribution is -0.183. The number of carbonyl (C=O) groups is 1. The number of carbonyl (C=O) groups excluding carboxylic acids is 1. The summed E-state index contributed by atoms with van der Waals surface area (Å²) in [4.78, 5) is 18.1. The molecule has 230 valence electrons. The molecule has 2 aliphatic rings. The SMILES string of the molecule is Cc1c(C(=O)N[C@@H](CO)c2ccc(S(C)(=O)=O)cc2)nc(C(C)(C)C)n1CC1=CC=CC(C(O)C2CC2)C1C(F)(F)F. The molecule has 0 bridgehead atoms. The number of aromatic nitrogens is 2. The van der Waals surface area contributed by atoms with Crippen LogP contribution in [-0.2, 0) is 21.8 Å². The monoisotopic (exact) mass is 609 g/mol. The van der Waals surface area contributed by atoms with Crippen LogP contribution in [-0.4, -0.2) is 59.2 Å². The zero-order valence-corrected chi connectivity index (χ0v) is 25.1. The van der Waals surface area contributed by atoms with Gasteiger partial charge in [-0.15, -0.1) is 0 Å². The molecule has 4 rings (SSSR count). The van der Waals surface area contributed by atoms with Gasteiger partial charge in [-0.05, 0) is 49.0 Å². The highest BCUT2D eigenvalue weighted by atomic mass is 32.2. The molecule has 2 aromatic rings. The third-order valence-corrected chi connectivity index (χ3v) is 9.05. The van der Waals surface area contributed by atoms with E-state index in [9.17, 15) is 36.6 Å². The number of aliphatic hydroxyl groups excluding tert-OH is 2. The third-order valence-electron chi connectivity index (χ3n) is 7.93. The normalized spacial score (nSPS) is 21.1. The second-order valence-corrected chi connectivity index (χ2v) is 14.3. The van der Waals surface area contributed by atoms with Crippen molar-refractivity contribution >= 4 is 15.7 Å². The molecule has 12 heteroatoms. The molecule has 0 saturated heterocycles. The molecule has 1 aromatic heterocycles. The molecule has 3 N–H and O–H groups in total. The number of hydrogen-bond donors (Lipinski definition) is 3. The standard InChI is InChI=1S/C30H38F3N3O5S/c1-17-25(27(39)34-23(16-37)18-11-13-21(14-12-18)42(5,40)41)35-28(29(2,3)4)36(17)15-20-7-6-8-22(24(20)30(31,32)33)26(38)19-9-10-19/h6-8,11-14,19,22-24,26,37-38H,9-10,15-16H2,1-5H3,(H,34,39)/t22?,23-,24?,26?/m0/s1. The first-order valence-electron chi connectivity index (χ1n) is 13.8. The summed E-state index contributed by atoms with van der Waals surface area (Å²) in [5, 5.41) is 23.4. The maximum atomic E-state index is 14.5. The molecule has 1 saturated carbocycles. The Morgan fingerprint density at radius 3 is 2.29 bits per heavy atom. The van der Waals surface area contributed by atoms with Crippen molar-refractivity contribution in [3.8, 4) is 0 Å². The molecule has 8 nitrogen and oxygen atoms in total. The van der Waals surface area contributed by atoms with Crippen LogP contribution >= 0.6 is 0 Å². The number of hydrogen-bond acceptors (Lipinski definition) is 6. The van der Waals surface area contributed by atoms with Crippen LogP contribution in [0.5, 0.6) is 0 Å². The average Bonchev–Trinajstić information content (AvgIpc) is 3.69. The first kappa shape index (κ1) is 32.0. The zero-order chi connectivity index (χ0) is 31.2. The Kier molecular flexibility index (Phi) is 8.84. The molecule has 1 heterocycles. The quantitative estimate of drug-likeness (QED) is 0.387. The maximum absolute atomic E-state index is 14.5. The number of allylic oxidation sites excluding steroid dienone is 3. The van der Waals surface area contributed by atoms with Gasteiger partial charge in [0.15, 0.2) is 9.84 Å². The molecule has 1 amide bonds. The summed E-state index contributed by atoms with van der Waals surface area (Å²) in [7, 11) is -3.43. The number of rotatable bonds is 9. The van der Waals surface area contributed by atoms with Gasteiger partial charge in [-0.3, -0.25) is 4.79 Å². The zero-order valence-electron chi connectivity index (χ0n) is 24.3. The van der Waals surface area contributed by atoms with Gasteiger partial charge in [-0.2, -0.15) is 13.2 Å². The molecule has 3 unspecified atom stereocenters.